The molecule has 0 spiro atoms. The van der Waals surface area contributed by atoms with Gasteiger partial charge in [0.15, 0.2) is 16.7 Å². The van der Waals surface area contributed by atoms with Gasteiger partial charge in [-0.05, 0) is 61.1 Å². The fraction of sp³-hybridized carbons (Fsp3) is 0.364. The number of carbonyl (C=O) groups excluding carboxylic acids is 1. The summed E-state index contributed by atoms with van der Waals surface area (Å²) in [6, 6.07) is 3.70. The molecule has 2 aromatic carbocycles. The van der Waals surface area contributed by atoms with E-state index < -0.39 is 59.8 Å². The minimum Gasteiger partial charge on any atom is -0.493 e. The van der Waals surface area contributed by atoms with Crippen LogP contribution in [0.2, 0.25) is 0 Å². The summed E-state index contributed by atoms with van der Waals surface area (Å²) in [4.78, 5) is 29.5. The maximum Gasteiger partial charge on any atom is 0.416 e. The first-order valence-corrected chi connectivity index (χ1v) is 16.4. The maximum absolute atomic E-state index is 14.0. The largest absolute Gasteiger partial charge is 0.493 e. The lowest BCUT2D eigenvalue weighted by atomic mass is 9.99. The number of methoxy groups -OCH3 is 1. The number of thioether (sulfide) groups is 1. The van der Waals surface area contributed by atoms with Crippen molar-refractivity contribution in [3.05, 3.63) is 82.8 Å². The molecule has 0 fully saturated rings. The van der Waals surface area contributed by atoms with Crippen molar-refractivity contribution in [3.8, 4) is 22.8 Å². The topological polar surface area (TPSA) is 99.6 Å². The molecule has 2 heterocycles. The Morgan fingerprint density at radius 3 is 2.02 bits per heavy atom. The van der Waals surface area contributed by atoms with Gasteiger partial charge in [0.05, 0.1) is 55.6 Å². The predicted octanol–water partition coefficient (Wildman–Crippen LogP) is 8.65. The Hall–Kier alpha value is -4.81. The van der Waals surface area contributed by atoms with Crippen molar-refractivity contribution in [2.75, 3.05) is 31.5 Å². The van der Waals surface area contributed by atoms with Gasteiger partial charge in [-0.1, -0.05) is 17.8 Å². The van der Waals surface area contributed by atoms with Crippen LogP contribution in [0.5, 0.6) is 11.5 Å². The number of alkyl halides is 9. The smallest absolute Gasteiger partial charge is 0.416 e. The van der Waals surface area contributed by atoms with Gasteiger partial charge in [0, 0.05) is 25.1 Å². The summed E-state index contributed by atoms with van der Waals surface area (Å²) in [5.41, 5.74) is -4.65. The van der Waals surface area contributed by atoms with Gasteiger partial charge >= 0.3 is 24.5 Å². The number of ether oxygens (including phenoxy) is 3. The van der Waals surface area contributed by atoms with Gasteiger partial charge in [0.25, 0.3) is 0 Å². The van der Waals surface area contributed by atoms with E-state index >= 15 is 0 Å². The van der Waals surface area contributed by atoms with Gasteiger partial charge in [-0.15, -0.1) is 0 Å². The molecule has 0 aliphatic carbocycles. The maximum atomic E-state index is 14.0. The van der Waals surface area contributed by atoms with Crippen molar-refractivity contribution in [1.29, 1.82) is 0 Å². The van der Waals surface area contributed by atoms with Crippen molar-refractivity contribution >= 4 is 23.7 Å². The van der Waals surface area contributed by atoms with E-state index in [0.717, 1.165) is 47.3 Å². The van der Waals surface area contributed by atoms with Crippen LogP contribution in [0.25, 0.3) is 11.3 Å². The number of rotatable bonds is 14. The third kappa shape index (κ3) is 10.6. The number of carbonyl (C=O) groups is 1. The van der Waals surface area contributed by atoms with Crippen LogP contribution in [-0.4, -0.2) is 52.5 Å². The third-order valence-corrected chi connectivity index (χ3v) is 7.76. The number of halogens is 9. The minimum atomic E-state index is -5.16. The zero-order valence-corrected chi connectivity index (χ0v) is 28.4. The van der Waals surface area contributed by atoms with E-state index in [1.54, 1.807) is 13.2 Å². The van der Waals surface area contributed by atoms with E-state index in [1.807, 2.05) is 0 Å². The molecular formula is C33H30F9N5O4S. The van der Waals surface area contributed by atoms with Gasteiger partial charge < -0.3 is 19.1 Å². The first-order chi connectivity index (χ1) is 24.4. The Labute approximate surface area is 295 Å². The van der Waals surface area contributed by atoms with Crippen LogP contribution < -0.4 is 14.4 Å². The molecule has 0 saturated carbocycles. The standard InChI is InChI=1S/C33H30F9N5O4S/c1-4-50-27(48)6-5-9-51-24-14-43-29(44-15-24)47(17-19-10-22(32(37,38)39)13-23(11-19)33(40,41)42)18-20-12-21(31(34,35)36)7-8-25(20)28-26(49-2)16-45-30(46-28)52-3/h7-8,10-16H,4-6,9,17-18H2,1-3H3. The summed E-state index contributed by atoms with van der Waals surface area (Å²) in [6.07, 6.45) is -9.51. The molecule has 0 N–H and O–H groups in total. The lowest BCUT2D eigenvalue weighted by Crippen LogP contribution is -2.26. The van der Waals surface area contributed by atoms with Crippen LogP contribution in [0.4, 0.5) is 45.5 Å². The second-order valence-corrected chi connectivity index (χ2v) is 11.7. The lowest BCUT2D eigenvalue weighted by Gasteiger charge is -2.26. The van der Waals surface area contributed by atoms with E-state index in [0.29, 0.717) is 12.1 Å². The molecule has 0 unspecified atom stereocenters. The molecule has 2 aromatic heterocycles. The Morgan fingerprint density at radius 2 is 1.46 bits per heavy atom. The first kappa shape index (κ1) is 40.0. The quantitative estimate of drug-likeness (QED) is 0.0408. The molecule has 0 bridgehead atoms. The SMILES string of the molecule is CCOC(=O)CCCOc1cnc(N(Cc2cc(C(F)(F)F)cc(C(F)(F)F)c2)Cc2cc(C(F)(F)F)ccc2-c2nc(SC)ncc2OC)nc1. The fourth-order valence-electron chi connectivity index (χ4n) is 4.85. The van der Waals surface area contributed by atoms with E-state index in [-0.39, 0.29) is 71.5 Å². The summed E-state index contributed by atoms with van der Waals surface area (Å²) >= 11 is 1.13. The molecule has 0 amide bonds. The number of benzene rings is 2. The molecule has 4 aromatic rings. The molecule has 0 radical (unpaired) electrons. The summed E-state index contributed by atoms with van der Waals surface area (Å²) in [5, 5.41) is 0.239. The fourth-order valence-corrected chi connectivity index (χ4v) is 5.19. The Balaban J connectivity index is 1.82. The molecule has 0 aliphatic rings. The second kappa shape index (κ2) is 16.7. The molecule has 280 valence electrons. The molecule has 0 atom stereocenters. The number of aromatic nitrogens is 4. The van der Waals surface area contributed by atoms with Crippen LogP contribution in [0, 0.1) is 0 Å². The highest BCUT2D eigenvalue weighted by Crippen LogP contribution is 2.39. The van der Waals surface area contributed by atoms with Crippen LogP contribution in [-0.2, 0) is 41.1 Å². The third-order valence-electron chi connectivity index (χ3n) is 7.20. The van der Waals surface area contributed by atoms with Crippen molar-refractivity contribution in [2.45, 2.75) is 56.5 Å². The predicted molar refractivity (Wildman–Crippen MR) is 171 cm³/mol. The summed E-state index contributed by atoms with van der Waals surface area (Å²) in [6.45, 7) is 0.637. The van der Waals surface area contributed by atoms with Gasteiger partial charge in [-0.3, -0.25) is 4.79 Å². The zero-order chi connectivity index (χ0) is 38.3. The number of hydrogen-bond acceptors (Lipinski definition) is 10. The highest BCUT2D eigenvalue weighted by atomic mass is 32.2. The highest BCUT2D eigenvalue weighted by molar-refractivity contribution is 7.98. The van der Waals surface area contributed by atoms with Gasteiger partial charge in [-0.25, -0.2) is 19.9 Å². The van der Waals surface area contributed by atoms with Crippen molar-refractivity contribution in [2.24, 2.45) is 0 Å². The van der Waals surface area contributed by atoms with Crippen LogP contribution >= 0.6 is 11.8 Å². The van der Waals surface area contributed by atoms with E-state index in [2.05, 4.69) is 19.9 Å². The van der Waals surface area contributed by atoms with Gasteiger partial charge in [-0.2, -0.15) is 39.5 Å². The number of nitrogens with zero attached hydrogens (tertiary/aromatic N) is 5. The molecule has 52 heavy (non-hydrogen) atoms. The Bertz CT molecular complexity index is 1810. The Kier molecular flexibility index (Phi) is 12.8. The average molecular weight is 764 g/mol. The van der Waals surface area contributed by atoms with Crippen molar-refractivity contribution < 1.29 is 58.5 Å². The highest BCUT2D eigenvalue weighted by Gasteiger charge is 2.37. The number of hydrogen-bond donors (Lipinski definition) is 0. The van der Waals surface area contributed by atoms with Crippen molar-refractivity contribution in [3.63, 3.8) is 0 Å². The van der Waals surface area contributed by atoms with E-state index in [4.69, 9.17) is 14.2 Å². The molecule has 0 aliphatic heterocycles. The molecule has 19 heteroatoms. The van der Waals surface area contributed by atoms with Crippen LogP contribution in [0.3, 0.4) is 0 Å². The van der Waals surface area contributed by atoms with Gasteiger partial charge in [0.1, 0.15) is 5.69 Å². The lowest BCUT2D eigenvalue weighted by molar-refractivity contribution is -0.144. The molecular weight excluding hydrogens is 733 g/mol. The summed E-state index contributed by atoms with van der Waals surface area (Å²) in [7, 11) is 1.29. The first-order valence-electron chi connectivity index (χ1n) is 15.2. The number of esters is 1. The molecule has 0 saturated heterocycles. The van der Waals surface area contributed by atoms with Gasteiger partial charge in [0.2, 0.25) is 5.95 Å². The zero-order valence-electron chi connectivity index (χ0n) is 27.6. The van der Waals surface area contributed by atoms with Crippen LogP contribution in [0.15, 0.2) is 60.1 Å². The number of anilines is 1. The second-order valence-electron chi connectivity index (χ2n) is 10.9. The summed E-state index contributed by atoms with van der Waals surface area (Å²) in [5.74, 6) is -0.526. The monoisotopic (exact) mass is 763 g/mol. The molecule has 9 nitrogen and oxygen atoms in total. The minimum absolute atomic E-state index is 0.0337. The van der Waals surface area contributed by atoms with Crippen LogP contribution in [0.1, 0.15) is 47.6 Å². The van der Waals surface area contributed by atoms with Crippen molar-refractivity contribution in [1.82, 2.24) is 19.9 Å². The van der Waals surface area contributed by atoms with E-state index in [1.165, 1.54) is 13.3 Å². The van der Waals surface area contributed by atoms with E-state index in [9.17, 15) is 44.3 Å². The Morgan fingerprint density at radius 1 is 0.827 bits per heavy atom. The average Bonchev–Trinajstić information content (AvgIpc) is 3.08. The molecule has 4 rings (SSSR count). The normalized spacial score (nSPS) is 12.1. The summed E-state index contributed by atoms with van der Waals surface area (Å²) < 4.78 is 140.